The summed E-state index contributed by atoms with van der Waals surface area (Å²) in [5, 5.41) is 0. The minimum Gasteiger partial charge on any atom is -0.444 e. The zero-order valence-corrected chi connectivity index (χ0v) is 7.63. The molecule has 0 radical (unpaired) electrons. The van der Waals surface area contributed by atoms with E-state index in [2.05, 4.69) is 16.8 Å². The van der Waals surface area contributed by atoms with Gasteiger partial charge in [-0.05, 0) is 6.54 Å². The normalized spacial score (nSPS) is 17.8. The maximum Gasteiger partial charge on any atom is 0.191 e. The van der Waals surface area contributed by atoms with Crippen LogP contribution in [0.2, 0.25) is 0 Å². The molecule has 3 nitrogen and oxygen atoms in total. The lowest BCUT2D eigenvalue weighted by Crippen LogP contribution is -2.29. The highest BCUT2D eigenvalue weighted by Crippen LogP contribution is 2.18. The van der Waals surface area contributed by atoms with Crippen LogP contribution in [-0.2, 0) is 13.0 Å². The molecule has 0 N–H and O–H groups in total. The Bertz CT molecular complexity index is 280. The average molecular weight is 166 g/mol. The molecule has 1 aliphatic rings. The van der Waals surface area contributed by atoms with Gasteiger partial charge in [-0.2, -0.15) is 0 Å². The quantitative estimate of drug-likeness (QED) is 0.631. The van der Waals surface area contributed by atoms with Gasteiger partial charge < -0.3 is 4.42 Å². The van der Waals surface area contributed by atoms with Crippen molar-refractivity contribution in [2.75, 3.05) is 13.1 Å². The molecule has 0 unspecified atom stereocenters. The Kier molecular flexibility index (Phi) is 1.89. The van der Waals surface area contributed by atoms with Crippen LogP contribution in [0.5, 0.6) is 0 Å². The van der Waals surface area contributed by atoms with Crippen molar-refractivity contribution in [2.45, 2.75) is 26.8 Å². The van der Waals surface area contributed by atoms with E-state index in [1.807, 2.05) is 6.92 Å². The van der Waals surface area contributed by atoms with Gasteiger partial charge in [0.05, 0.1) is 12.2 Å². The third-order valence-electron chi connectivity index (χ3n) is 2.36. The van der Waals surface area contributed by atoms with Crippen molar-refractivity contribution in [1.82, 2.24) is 9.88 Å². The minimum atomic E-state index is 0.804. The fraction of sp³-hybridized carbons (Fsp3) is 0.667. The summed E-state index contributed by atoms with van der Waals surface area (Å²) in [6.07, 6.45) is 1.04. The fourth-order valence-corrected chi connectivity index (χ4v) is 1.65. The topological polar surface area (TPSA) is 29.3 Å². The Morgan fingerprint density at radius 1 is 1.58 bits per heavy atom. The second-order valence-corrected chi connectivity index (χ2v) is 3.22. The van der Waals surface area contributed by atoms with Crippen LogP contribution >= 0.6 is 0 Å². The lowest BCUT2D eigenvalue weighted by molar-refractivity contribution is 0.239. The van der Waals surface area contributed by atoms with Gasteiger partial charge >= 0.3 is 0 Å². The van der Waals surface area contributed by atoms with E-state index >= 15 is 0 Å². The third kappa shape index (κ3) is 1.25. The predicted molar refractivity (Wildman–Crippen MR) is 45.9 cm³/mol. The first-order valence-electron chi connectivity index (χ1n) is 4.47. The molecule has 0 aliphatic carbocycles. The van der Waals surface area contributed by atoms with Gasteiger partial charge in [-0.15, -0.1) is 0 Å². The van der Waals surface area contributed by atoms with Crippen LogP contribution < -0.4 is 0 Å². The summed E-state index contributed by atoms with van der Waals surface area (Å²) in [6.45, 7) is 7.24. The Morgan fingerprint density at radius 2 is 2.42 bits per heavy atom. The largest absolute Gasteiger partial charge is 0.444 e. The number of oxazole rings is 1. The Labute approximate surface area is 72.4 Å². The van der Waals surface area contributed by atoms with E-state index in [1.54, 1.807) is 0 Å². The Morgan fingerprint density at radius 3 is 3.17 bits per heavy atom. The highest BCUT2D eigenvalue weighted by molar-refractivity contribution is 5.12. The maximum atomic E-state index is 5.49. The number of rotatable bonds is 1. The van der Waals surface area contributed by atoms with Gasteiger partial charge in [0.1, 0.15) is 5.76 Å². The van der Waals surface area contributed by atoms with E-state index in [4.69, 9.17) is 4.42 Å². The molecule has 12 heavy (non-hydrogen) atoms. The number of likely N-dealkylation sites (N-methyl/N-ethyl adjacent to an activating group) is 1. The van der Waals surface area contributed by atoms with Crippen molar-refractivity contribution in [2.24, 2.45) is 0 Å². The first kappa shape index (κ1) is 7.80. The van der Waals surface area contributed by atoms with Gasteiger partial charge in [0, 0.05) is 19.9 Å². The first-order chi connectivity index (χ1) is 5.79. The molecule has 0 bridgehead atoms. The van der Waals surface area contributed by atoms with Crippen LogP contribution in [0.25, 0.3) is 0 Å². The zero-order valence-electron chi connectivity index (χ0n) is 7.63. The molecule has 0 saturated carbocycles. The smallest absolute Gasteiger partial charge is 0.191 e. The Balaban J connectivity index is 2.22. The molecule has 0 fully saturated rings. The van der Waals surface area contributed by atoms with E-state index in [1.165, 1.54) is 0 Å². The zero-order chi connectivity index (χ0) is 8.55. The highest BCUT2D eigenvalue weighted by Gasteiger charge is 2.19. The lowest BCUT2D eigenvalue weighted by atomic mass is 10.2. The summed E-state index contributed by atoms with van der Waals surface area (Å²) in [5.74, 6) is 1.87. The average Bonchev–Trinajstić information content (AvgIpc) is 2.43. The van der Waals surface area contributed by atoms with Crippen molar-refractivity contribution in [3.8, 4) is 0 Å². The molecule has 0 atom stereocenters. The van der Waals surface area contributed by atoms with Gasteiger partial charge in [0.25, 0.3) is 0 Å². The van der Waals surface area contributed by atoms with Gasteiger partial charge in [0.2, 0.25) is 0 Å². The molecule has 0 spiro atoms. The molecule has 0 saturated heterocycles. The van der Waals surface area contributed by atoms with Crippen LogP contribution in [0.3, 0.4) is 0 Å². The van der Waals surface area contributed by atoms with Crippen LogP contribution in [0.4, 0.5) is 0 Å². The molecule has 1 aromatic rings. The molecular formula is C9H14N2O. The molecule has 3 heteroatoms. The lowest BCUT2D eigenvalue weighted by Gasteiger charge is -2.22. The van der Waals surface area contributed by atoms with Crippen molar-refractivity contribution in [3.63, 3.8) is 0 Å². The number of fused-ring (bicyclic) bond motifs is 1. The van der Waals surface area contributed by atoms with E-state index in [9.17, 15) is 0 Å². The van der Waals surface area contributed by atoms with Crippen LogP contribution in [0.1, 0.15) is 24.3 Å². The van der Waals surface area contributed by atoms with Gasteiger partial charge in [0.15, 0.2) is 5.89 Å². The molecule has 1 aliphatic heterocycles. The summed E-state index contributed by atoms with van der Waals surface area (Å²) in [6, 6.07) is 0. The van der Waals surface area contributed by atoms with Crippen LogP contribution in [0.15, 0.2) is 4.42 Å². The summed E-state index contributed by atoms with van der Waals surface area (Å²) >= 11 is 0. The van der Waals surface area contributed by atoms with Crippen LogP contribution in [0, 0.1) is 6.92 Å². The number of hydrogen-bond donors (Lipinski definition) is 0. The summed E-state index contributed by atoms with van der Waals surface area (Å²) in [5.41, 5.74) is 1.16. The second kappa shape index (κ2) is 2.90. The summed E-state index contributed by atoms with van der Waals surface area (Å²) < 4.78 is 5.49. The molecular weight excluding hydrogens is 152 g/mol. The SMILES string of the molecule is CCN1CCc2nc(C)oc2C1. The first-order valence-corrected chi connectivity index (χ1v) is 4.47. The van der Waals surface area contributed by atoms with Crippen molar-refractivity contribution < 1.29 is 4.42 Å². The van der Waals surface area contributed by atoms with E-state index in [-0.39, 0.29) is 0 Å². The minimum absolute atomic E-state index is 0.804. The number of aryl methyl sites for hydroxylation is 1. The van der Waals surface area contributed by atoms with Crippen LogP contribution in [-0.4, -0.2) is 23.0 Å². The molecule has 1 aromatic heterocycles. The van der Waals surface area contributed by atoms with Crippen molar-refractivity contribution >= 4 is 0 Å². The van der Waals surface area contributed by atoms with E-state index in [0.717, 1.165) is 43.4 Å². The molecule has 0 aromatic carbocycles. The van der Waals surface area contributed by atoms with Gasteiger partial charge in [-0.3, -0.25) is 4.90 Å². The molecule has 2 rings (SSSR count). The Hall–Kier alpha value is -0.830. The third-order valence-corrected chi connectivity index (χ3v) is 2.36. The molecule has 0 amide bonds. The van der Waals surface area contributed by atoms with Crippen molar-refractivity contribution in [3.05, 3.63) is 17.3 Å². The van der Waals surface area contributed by atoms with Gasteiger partial charge in [-0.25, -0.2) is 4.98 Å². The standard InChI is InChI=1S/C9H14N2O/c1-3-11-5-4-8-9(6-11)12-7(2)10-8/h3-6H2,1-2H3. The molecule has 2 heterocycles. The molecule has 66 valence electrons. The van der Waals surface area contributed by atoms with Crippen molar-refractivity contribution in [1.29, 1.82) is 0 Å². The second-order valence-electron chi connectivity index (χ2n) is 3.22. The fourth-order valence-electron chi connectivity index (χ4n) is 1.65. The van der Waals surface area contributed by atoms with Gasteiger partial charge in [-0.1, -0.05) is 6.92 Å². The number of hydrogen-bond acceptors (Lipinski definition) is 3. The maximum absolute atomic E-state index is 5.49. The summed E-state index contributed by atoms with van der Waals surface area (Å²) in [4.78, 5) is 6.69. The predicted octanol–water partition coefficient (Wildman–Crippen LogP) is 1.36. The number of aromatic nitrogens is 1. The van der Waals surface area contributed by atoms with E-state index in [0.29, 0.717) is 0 Å². The summed E-state index contributed by atoms with van der Waals surface area (Å²) in [7, 11) is 0. The van der Waals surface area contributed by atoms with E-state index < -0.39 is 0 Å². The highest BCUT2D eigenvalue weighted by atomic mass is 16.4. The monoisotopic (exact) mass is 166 g/mol. The number of nitrogens with zero attached hydrogens (tertiary/aromatic N) is 2.